The summed E-state index contributed by atoms with van der Waals surface area (Å²) in [6, 6.07) is 47.2. The number of nitrogens with zero attached hydrogens (tertiary/aromatic N) is 2. The van der Waals surface area contributed by atoms with Gasteiger partial charge in [0.25, 0.3) is 0 Å². The quantitative estimate of drug-likeness (QED) is 0.194. The van der Waals surface area contributed by atoms with Gasteiger partial charge >= 0.3 is 0 Å². The van der Waals surface area contributed by atoms with Gasteiger partial charge in [0.1, 0.15) is 0 Å². The van der Waals surface area contributed by atoms with E-state index in [2.05, 4.69) is 157 Å². The molecular formula is C42H58N2. The van der Waals surface area contributed by atoms with E-state index in [0.717, 1.165) is 34.1 Å². The summed E-state index contributed by atoms with van der Waals surface area (Å²) in [5.41, 5.74) is 9.31. The third kappa shape index (κ3) is 11.8. The van der Waals surface area contributed by atoms with Gasteiger partial charge in [0.15, 0.2) is 0 Å². The molecule has 0 spiro atoms. The minimum Gasteiger partial charge on any atom is -0.311 e. The Bertz CT molecular complexity index is 1220. The zero-order chi connectivity index (χ0) is 33.3. The average Bonchev–Trinajstić information content (AvgIpc) is 3.13. The van der Waals surface area contributed by atoms with Crippen LogP contribution in [0.5, 0.6) is 0 Å². The zero-order valence-electron chi connectivity index (χ0n) is 29.6. The summed E-state index contributed by atoms with van der Waals surface area (Å²) >= 11 is 0. The van der Waals surface area contributed by atoms with E-state index in [1.165, 1.54) is 11.1 Å². The molecular weight excluding hydrogens is 532 g/mol. The van der Waals surface area contributed by atoms with Gasteiger partial charge in [-0.3, -0.25) is 0 Å². The van der Waals surface area contributed by atoms with Crippen molar-refractivity contribution >= 4 is 34.1 Å². The molecule has 0 aliphatic carbocycles. The fourth-order valence-corrected chi connectivity index (χ4v) is 4.19. The predicted molar refractivity (Wildman–Crippen MR) is 202 cm³/mol. The Labute approximate surface area is 271 Å². The highest BCUT2D eigenvalue weighted by Crippen LogP contribution is 2.38. The molecule has 0 N–H and O–H groups in total. The van der Waals surface area contributed by atoms with E-state index in [4.69, 9.17) is 0 Å². The molecule has 2 heteroatoms. The van der Waals surface area contributed by atoms with Crippen LogP contribution in [0, 0.1) is 13.8 Å². The lowest BCUT2D eigenvalue weighted by Gasteiger charge is -2.28. The van der Waals surface area contributed by atoms with E-state index in [1.54, 1.807) is 0 Å². The van der Waals surface area contributed by atoms with Gasteiger partial charge in [-0.1, -0.05) is 141 Å². The Morgan fingerprint density at radius 2 is 0.432 bits per heavy atom. The lowest BCUT2D eigenvalue weighted by molar-refractivity contribution is 1.25. The fourth-order valence-electron chi connectivity index (χ4n) is 4.19. The molecule has 0 aliphatic heterocycles. The summed E-state index contributed by atoms with van der Waals surface area (Å²) in [5.74, 6) is 0. The van der Waals surface area contributed by atoms with Crippen molar-refractivity contribution in [1.29, 1.82) is 0 Å². The molecule has 0 atom stereocenters. The van der Waals surface area contributed by atoms with Gasteiger partial charge in [-0.25, -0.2) is 0 Å². The van der Waals surface area contributed by atoms with Crippen LogP contribution < -0.4 is 9.80 Å². The molecule has 0 aliphatic rings. The van der Waals surface area contributed by atoms with Gasteiger partial charge in [-0.15, -0.1) is 0 Å². The van der Waals surface area contributed by atoms with Crippen LogP contribution in [0.15, 0.2) is 133 Å². The first-order valence-corrected chi connectivity index (χ1v) is 16.6. The summed E-state index contributed by atoms with van der Waals surface area (Å²) in [6.45, 7) is 24.2. The topological polar surface area (TPSA) is 6.48 Å². The lowest BCUT2D eigenvalue weighted by Crippen LogP contribution is -2.12. The normalized spacial score (nSPS) is 8.91. The van der Waals surface area contributed by atoms with Gasteiger partial charge in [0.2, 0.25) is 0 Å². The number of para-hydroxylation sites is 2. The molecule has 0 unspecified atom stereocenters. The van der Waals surface area contributed by atoms with Crippen LogP contribution in [-0.2, 0) is 0 Å². The first-order valence-electron chi connectivity index (χ1n) is 16.6. The second kappa shape index (κ2) is 24.2. The monoisotopic (exact) mass is 590 g/mol. The Balaban J connectivity index is 0.00000169. The van der Waals surface area contributed by atoms with Crippen LogP contribution in [-0.4, -0.2) is 0 Å². The van der Waals surface area contributed by atoms with E-state index < -0.39 is 0 Å². The maximum Gasteiger partial charge on any atom is 0.0463 e. The minimum atomic E-state index is 1.12. The fraction of sp³-hybridized carbons (Fsp3) is 0.286. The number of hydrogen-bond acceptors (Lipinski definition) is 2. The lowest BCUT2D eigenvalue weighted by atomic mass is 10.1. The number of anilines is 6. The Kier molecular flexibility index (Phi) is 21.8. The molecule has 5 rings (SSSR count). The van der Waals surface area contributed by atoms with E-state index in [-0.39, 0.29) is 0 Å². The maximum absolute atomic E-state index is 2.29. The molecule has 236 valence electrons. The first kappa shape index (κ1) is 39.7. The molecule has 0 saturated heterocycles. The Morgan fingerprint density at radius 3 is 0.659 bits per heavy atom. The highest BCUT2D eigenvalue weighted by molar-refractivity contribution is 5.81. The average molecular weight is 591 g/mol. The summed E-state index contributed by atoms with van der Waals surface area (Å²) in [6.07, 6.45) is 0. The molecule has 0 heterocycles. The van der Waals surface area contributed by atoms with Crippen molar-refractivity contribution in [3.05, 3.63) is 145 Å². The molecule has 0 amide bonds. The van der Waals surface area contributed by atoms with Gasteiger partial charge < -0.3 is 9.80 Å². The SMILES string of the molecule is CC.CC.CC.CC.CC.Cc1ccc(N(c2ccccc2)c2ccc(N(c3ccccc3)c3ccc(C)cc3)cc2)cc1. The van der Waals surface area contributed by atoms with E-state index in [0.29, 0.717) is 0 Å². The van der Waals surface area contributed by atoms with Crippen LogP contribution in [0.2, 0.25) is 0 Å². The van der Waals surface area contributed by atoms with Gasteiger partial charge in [0, 0.05) is 34.1 Å². The summed E-state index contributed by atoms with van der Waals surface area (Å²) in [7, 11) is 0. The smallest absolute Gasteiger partial charge is 0.0463 e. The van der Waals surface area contributed by atoms with Crippen molar-refractivity contribution in [2.75, 3.05) is 9.80 Å². The maximum atomic E-state index is 2.29. The molecule has 0 fully saturated rings. The zero-order valence-corrected chi connectivity index (χ0v) is 29.6. The van der Waals surface area contributed by atoms with Crippen LogP contribution in [0.25, 0.3) is 0 Å². The van der Waals surface area contributed by atoms with Crippen molar-refractivity contribution in [2.24, 2.45) is 0 Å². The number of hydrogen-bond donors (Lipinski definition) is 0. The third-order valence-electron chi connectivity index (χ3n) is 5.98. The second-order valence-electron chi connectivity index (χ2n) is 8.53. The van der Waals surface area contributed by atoms with Crippen molar-refractivity contribution in [3.63, 3.8) is 0 Å². The van der Waals surface area contributed by atoms with Gasteiger partial charge in [-0.2, -0.15) is 0 Å². The molecule has 0 aromatic heterocycles. The Hall–Kier alpha value is -4.30. The molecule has 2 nitrogen and oxygen atoms in total. The molecule has 0 saturated carbocycles. The van der Waals surface area contributed by atoms with Gasteiger partial charge in [-0.05, 0) is 86.6 Å². The largest absolute Gasteiger partial charge is 0.311 e. The van der Waals surface area contributed by atoms with E-state index >= 15 is 0 Å². The van der Waals surface area contributed by atoms with E-state index in [1.807, 2.05) is 69.2 Å². The van der Waals surface area contributed by atoms with Crippen LogP contribution in [0.4, 0.5) is 34.1 Å². The van der Waals surface area contributed by atoms with Crippen molar-refractivity contribution in [1.82, 2.24) is 0 Å². The second-order valence-corrected chi connectivity index (χ2v) is 8.53. The van der Waals surface area contributed by atoms with Crippen molar-refractivity contribution < 1.29 is 0 Å². The highest BCUT2D eigenvalue weighted by Gasteiger charge is 2.15. The first-order chi connectivity index (χ1) is 21.7. The summed E-state index contributed by atoms with van der Waals surface area (Å²) in [5, 5.41) is 0. The van der Waals surface area contributed by atoms with Crippen molar-refractivity contribution in [3.8, 4) is 0 Å². The number of rotatable bonds is 6. The van der Waals surface area contributed by atoms with Crippen LogP contribution in [0.3, 0.4) is 0 Å². The minimum absolute atomic E-state index is 1.12. The molecule has 44 heavy (non-hydrogen) atoms. The summed E-state index contributed by atoms with van der Waals surface area (Å²) < 4.78 is 0. The molecule has 0 bridgehead atoms. The molecule has 0 radical (unpaired) electrons. The predicted octanol–water partition coefficient (Wildman–Crippen LogP) is 14.4. The standard InChI is InChI=1S/C32H28N2.5C2H6/c1-25-13-17-29(18-14-25)33(27-9-5-3-6-10-27)31-21-23-32(24-22-31)34(28-11-7-4-8-12-28)30-19-15-26(2)16-20-30;5*1-2/h3-24H,1-2H3;5*1-2H3. The third-order valence-corrected chi connectivity index (χ3v) is 5.98. The molecule has 5 aromatic rings. The number of benzene rings is 5. The Morgan fingerprint density at radius 1 is 0.250 bits per heavy atom. The van der Waals surface area contributed by atoms with Crippen molar-refractivity contribution in [2.45, 2.75) is 83.1 Å². The molecule has 5 aromatic carbocycles. The van der Waals surface area contributed by atoms with Crippen LogP contribution >= 0.6 is 0 Å². The van der Waals surface area contributed by atoms with Gasteiger partial charge in [0.05, 0.1) is 0 Å². The van der Waals surface area contributed by atoms with Crippen LogP contribution in [0.1, 0.15) is 80.4 Å². The van der Waals surface area contributed by atoms with E-state index in [9.17, 15) is 0 Å². The summed E-state index contributed by atoms with van der Waals surface area (Å²) in [4.78, 5) is 4.59. The highest BCUT2D eigenvalue weighted by atomic mass is 15.2. The number of aryl methyl sites for hydroxylation is 2.